The van der Waals surface area contributed by atoms with E-state index < -0.39 is 35.5 Å². The lowest BCUT2D eigenvalue weighted by Gasteiger charge is -2.20. The molecule has 3 atom stereocenters. The molecular weight excluding hydrogens is 334 g/mol. The summed E-state index contributed by atoms with van der Waals surface area (Å²) >= 11 is 0. The third kappa shape index (κ3) is 3.65. The minimum atomic E-state index is -1.06. The van der Waals surface area contributed by atoms with Gasteiger partial charge in [0.25, 0.3) is 0 Å². The van der Waals surface area contributed by atoms with Crippen molar-refractivity contribution >= 4 is 11.9 Å². The van der Waals surface area contributed by atoms with E-state index in [1.54, 1.807) is 6.20 Å². The van der Waals surface area contributed by atoms with Crippen LogP contribution in [0.15, 0.2) is 30.6 Å². The second-order valence-electron chi connectivity index (χ2n) is 6.02. The van der Waals surface area contributed by atoms with Gasteiger partial charge in [-0.3, -0.25) is 9.59 Å². The normalized spacial score (nSPS) is 22.7. The number of nitrogens with zero attached hydrogens (tertiary/aromatic N) is 3. The molecule has 1 aliphatic carbocycles. The van der Waals surface area contributed by atoms with Crippen molar-refractivity contribution in [2.24, 2.45) is 5.92 Å². The fourth-order valence-corrected chi connectivity index (χ4v) is 3.17. The highest BCUT2D eigenvalue weighted by atomic mass is 19.2. The molecule has 1 aromatic carbocycles. The van der Waals surface area contributed by atoms with E-state index in [4.69, 9.17) is 0 Å². The minimum absolute atomic E-state index is 0.0532. The molecule has 1 aliphatic rings. The first kappa shape index (κ1) is 17.0. The Hall–Kier alpha value is -2.84. The molecule has 0 spiro atoms. The van der Waals surface area contributed by atoms with Crippen LogP contribution in [0.3, 0.4) is 0 Å². The predicted octanol–water partition coefficient (Wildman–Crippen LogP) is 1.32. The van der Waals surface area contributed by atoms with Gasteiger partial charge in [0, 0.05) is 11.8 Å². The van der Waals surface area contributed by atoms with Gasteiger partial charge in [-0.1, -0.05) is 17.3 Å². The standard InChI is InChI=1S/C16H16F2N4O3/c17-11-3-1-2-9(15(11)18)8-14(23)20-12-6-10(16(24)25)7-13(12)22-5-4-19-21-22/h1-5,10,12-13H,6-8H2,(H,20,23)(H,24,25)/t10?,12-,13+/m1/s1. The summed E-state index contributed by atoms with van der Waals surface area (Å²) in [5.74, 6) is -4.15. The van der Waals surface area contributed by atoms with Crippen molar-refractivity contribution < 1.29 is 23.5 Å². The number of carboxylic acids is 1. The van der Waals surface area contributed by atoms with Crippen molar-refractivity contribution in [3.8, 4) is 0 Å². The number of amides is 1. The van der Waals surface area contributed by atoms with Gasteiger partial charge in [-0.25, -0.2) is 13.5 Å². The zero-order valence-corrected chi connectivity index (χ0v) is 13.1. The van der Waals surface area contributed by atoms with Gasteiger partial charge in [0.1, 0.15) is 0 Å². The minimum Gasteiger partial charge on any atom is -0.481 e. The Balaban J connectivity index is 1.72. The van der Waals surface area contributed by atoms with Gasteiger partial charge in [0.15, 0.2) is 11.6 Å². The number of halogens is 2. The highest BCUT2D eigenvalue weighted by molar-refractivity contribution is 5.79. The highest BCUT2D eigenvalue weighted by Gasteiger charge is 2.40. The summed E-state index contributed by atoms with van der Waals surface area (Å²) in [6.45, 7) is 0. The lowest BCUT2D eigenvalue weighted by molar-refractivity contribution is -0.141. The maximum Gasteiger partial charge on any atom is 0.306 e. The lowest BCUT2D eigenvalue weighted by atomic mass is 10.1. The first-order valence-corrected chi connectivity index (χ1v) is 7.76. The predicted molar refractivity (Wildman–Crippen MR) is 81.4 cm³/mol. The Bertz CT molecular complexity index is 782. The largest absolute Gasteiger partial charge is 0.481 e. The monoisotopic (exact) mass is 350 g/mol. The van der Waals surface area contributed by atoms with Crippen molar-refractivity contribution in [3.05, 3.63) is 47.8 Å². The Morgan fingerprint density at radius 2 is 2.12 bits per heavy atom. The van der Waals surface area contributed by atoms with Crippen molar-refractivity contribution in [3.63, 3.8) is 0 Å². The van der Waals surface area contributed by atoms with Gasteiger partial charge in [0.05, 0.1) is 30.6 Å². The fraction of sp³-hybridized carbons (Fsp3) is 0.375. The number of hydrogen-bond acceptors (Lipinski definition) is 4. The van der Waals surface area contributed by atoms with Crippen LogP contribution in [0.1, 0.15) is 24.4 Å². The van der Waals surface area contributed by atoms with Crippen LogP contribution in [0.25, 0.3) is 0 Å². The first-order valence-electron chi connectivity index (χ1n) is 7.76. The summed E-state index contributed by atoms with van der Waals surface area (Å²) in [7, 11) is 0. The molecule has 1 aromatic heterocycles. The van der Waals surface area contributed by atoms with Gasteiger partial charge in [0.2, 0.25) is 5.91 Å². The Morgan fingerprint density at radius 1 is 1.32 bits per heavy atom. The number of benzene rings is 1. The Labute approximate surface area is 141 Å². The van der Waals surface area contributed by atoms with Gasteiger partial charge in [-0.15, -0.1) is 5.10 Å². The lowest BCUT2D eigenvalue weighted by Crippen LogP contribution is -2.39. The maximum atomic E-state index is 13.7. The Morgan fingerprint density at radius 3 is 2.80 bits per heavy atom. The van der Waals surface area contributed by atoms with Crippen LogP contribution in [0.2, 0.25) is 0 Å². The molecule has 2 N–H and O–H groups in total. The average Bonchev–Trinajstić information content (AvgIpc) is 3.21. The third-order valence-electron chi connectivity index (χ3n) is 4.39. The quantitative estimate of drug-likeness (QED) is 0.848. The molecular formula is C16H16F2N4O3. The second-order valence-corrected chi connectivity index (χ2v) is 6.02. The number of carbonyl (C=O) groups is 2. The number of nitrogens with one attached hydrogen (secondary N) is 1. The molecule has 25 heavy (non-hydrogen) atoms. The molecule has 1 amide bonds. The number of carbonyl (C=O) groups excluding carboxylic acids is 1. The summed E-state index contributed by atoms with van der Waals surface area (Å²) in [6, 6.07) is 2.81. The molecule has 132 valence electrons. The number of carboxylic acid groups (broad SMARTS) is 1. The van der Waals surface area contributed by atoms with E-state index in [-0.39, 0.29) is 24.4 Å². The van der Waals surface area contributed by atoms with Gasteiger partial charge < -0.3 is 10.4 Å². The molecule has 1 heterocycles. The van der Waals surface area contributed by atoms with Gasteiger partial charge in [-0.05, 0) is 18.9 Å². The van der Waals surface area contributed by atoms with E-state index in [0.29, 0.717) is 6.42 Å². The molecule has 1 fully saturated rings. The van der Waals surface area contributed by atoms with Crippen LogP contribution < -0.4 is 5.32 Å². The van der Waals surface area contributed by atoms with E-state index >= 15 is 0 Å². The van der Waals surface area contributed by atoms with Crippen LogP contribution >= 0.6 is 0 Å². The van der Waals surface area contributed by atoms with Crippen LogP contribution in [-0.2, 0) is 16.0 Å². The van der Waals surface area contributed by atoms with E-state index in [1.165, 1.54) is 23.0 Å². The van der Waals surface area contributed by atoms with Crippen LogP contribution in [0, 0.1) is 17.6 Å². The number of rotatable bonds is 5. The van der Waals surface area contributed by atoms with Crippen molar-refractivity contribution in [2.45, 2.75) is 31.3 Å². The first-order chi connectivity index (χ1) is 12.0. The SMILES string of the molecule is O=C(Cc1cccc(F)c1F)N[C@@H]1CC(C(=O)O)C[C@@H]1n1ccnn1. The molecule has 9 heteroatoms. The molecule has 1 unspecified atom stereocenters. The summed E-state index contributed by atoms with van der Waals surface area (Å²) in [5.41, 5.74) is -0.0532. The smallest absolute Gasteiger partial charge is 0.306 e. The fourth-order valence-electron chi connectivity index (χ4n) is 3.17. The highest BCUT2D eigenvalue weighted by Crippen LogP contribution is 2.34. The number of aliphatic carboxylic acids is 1. The van der Waals surface area contributed by atoms with Crippen molar-refractivity contribution in [1.29, 1.82) is 0 Å². The van der Waals surface area contributed by atoms with E-state index in [9.17, 15) is 23.5 Å². The van der Waals surface area contributed by atoms with Crippen molar-refractivity contribution in [1.82, 2.24) is 20.3 Å². The second kappa shape index (κ2) is 6.96. The van der Waals surface area contributed by atoms with Crippen LogP contribution in [0.5, 0.6) is 0 Å². The summed E-state index contributed by atoms with van der Waals surface area (Å²) in [4.78, 5) is 23.5. The molecule has 0 saturated heterocycles. The van der Waals surface area contributed by atoms with E-state index in [2.05, 4.69) is 15.6 Å². The van der Waals surface area contributed by atoms with E-state index in [0.717, 1.165) is 6.07 Å². The van der Waals surface area contributed by atoms with Crippen LogP contribution in [-0.4, -0.2) is 38.0 Å². The summed E-state index contributed by atoms with van der Waals surface area (Å²) in [6.07, 6.45) is 3.27. The number of aromatic nitrogens is 3. The Kier molecular flexibility index (Phi) is 4.73. The number of hydrogen-bond donors (Lipinski definition) is 2. The topological polar surface area (TPSA) is 97.1 Å². The zero-order chi connectivity index (χ0) is 18.0. The zero-order valence-electron chi connectivity index (χ0n) is 13.1. The summed E-state index contributed by atoms with van der Waals surface area (Å²) < 4.78 is 28.4. The molecule has 3 rings (SSSR count). The molecule has 0 radical (unpaired) electrons. The molecule has 0 aliphatic heterocycles. The maximum absolute atomic E-state index is 13.7. The van der Waals surface area contributed by atoms with E-state index in [1.807, 2.05) is 0 Å². The van der Waals surface area contributed by atoms with Gasteiger partial charge in [-0.2, -0.15) is 0 Å². The van der Waals surface area contributed by atoms with Crippen LogP contribution in [0.4, 0.5) is 8.78 Å². The average molecular weight is 350 g/mol. The van der Waals surface area contributed by atoms with Crippen molar-refractivity contribution in [2.75, 3.05) is 0 Å². The molecule has 2 aromatic rings. The molecule has 7 nitrogen and oxygen atoms in total. The molecule has 0 bridgehead atoms. The van der Waals surface area contributed by atoms with Gasteiger partial charge >= 0.3 is 5.97 Å². The third-order valence-corrected chi connectivity index (χ3v) is 4.39. The summed E-state index contributed by atoms with van der Waals surface area (Å²) in [5, 5.41) is 19.5. The molecule has 1 saturated carbocycles.